The van der Waals surface area contributed by atoms with Gasteiger partial charge in [-0.25, -0.2) is 0 Å². The molecule has 4 rings (SSSR count). The van der Waals surface area contributed by atoms with E-state index < -0.39 is 0 Å². The Labute approximate surface area is 128 Å². The molecule has 0 unspecified atom stereocenters. The van der Waals surface area contributed by atoms with Gasteiger partial charge in [-0.15, -0.1) is 15.3 Å². The first-order valence-corrected chi connectivity index (χ1v) is 7.38. The summed E-state index contributed by atoms with van der Waals surface area (Å²) >= 11 is 1.20. The lowest BCUT2D eigenvalue weighted by Crippen LogP contribution is -2.12. The van der Waals surface area contributed by atoms with E-state index in [9.17, 15) is 4.79 Å². The van der Waals surface area contributed by atoms with E-state index >= 15 is 0 Å². The Hall–Kier alpha value is -2.87. The first-order chi connectivity index (χ1) is 10.7. The highest BCUT2D eigenvalue weighted by Gasteiger charge is 2.16. The van der Waals surface area contributed by atoms with Crippen LogP contribution in [0, 0.1) is 6.92 Å². The minimum absolute atomic E-state index is 0.284. The smallest absolute Gasteiger partial charge is 0.286 e. The molecule has 1 N–H and O–H groups in total. The third-order valence-corrected chi connectivity index (χ3v) is 4.12. The van der Waals surface area contributed by atoms with Gasteiger partial charge in [-0.1, -0.05) is 29.5 Å². The number of pyridine rings is 1. The Morgan fingerprint density at radius 2 is 2.09 bits per heavy atom. The number of aromatic nitrogens is 5. The van der Waals surface area contributed by atoms with Crippen LogP contribution >= 0.6 is 11.3 Å². The van der Waals surface area contributed by atoms with Crippen LogP contribution < -0.4 is 5.32 Å². The maximum atomic E-state index is 12.4. The summed E-state index contributed by atoms with van der Waals surface area (Å²) in [7, 11) is 0. The standard InChI is InChI=1S/C14H10N6OS/c1-8-17-18-14-20(8)19-13(22-14)12(21)16-10-6-2-4-9-5-3-7-15-11(9)10/h2-7H,1H3,(H,16,21). The van der Waals surface area contributed by atoms with Gasteiger partial charge in [0.15, 0.2) is 5.82 Å². The number of benzene rings is 1. The van der Waals surface area contributed by atoms with Crippen molar-refractivity contribution in [1.82, 2.24) is 24.8 Å². The van der Waals surface area contributed by atoms with E-state index in [4.69, 9.17) is 0 Å². The zero-order valence-electron chi connectivity index (χ0n) is 11.5. The van der Waals surface area contributed by atoms with Crippen molar-refractivity contribution in [2.75, 3.05) is 5.32 Å². The maximum absolute atomic E-state index is 12.4. The van der Waals surface area contributed by atoms with Crippen molar-refractivity contribution < 1.29 is 4.79 Å². The van der Waals surface area contributed by atoms with Gasteiger partial charge in [0.1, 0.15) is 0 Å². The summed E-state index contributed by atoms with van der Waals surface area (Å²) in [5.41, 5.74) is 1.41. The molecule has 0 saturated heterocycles. The Morgan fingerprint density at radius 1 is 1.23 bits per heavy atom. The summed E-state index contributed by atoms with van der Waals surface area (Å²) in [5.74, 6) is 0.366. The van der Waals surface area contributed by atoms with Crippen molar-refractivity contribution in [1.29, 1.82) is 0 Å². The molecule has 0 aliphatic carbocycles. The Kier molecular flexibility index (Phi) is 2.83. The van der Waals surface area contributed by atoms with Gasteiger partial charge in [0, 0.05) is 11.6 Å². The number of para-hydroxylation sites is 1. The summed E-state index contributed by atoms with van der Waals surface area (Å²) in [6.07, 6.45) is 1.70. The minimum Gasteiger partial charge on any atom is -0.318 e. The van der Waals surface area contributed by atoms with E-state index in [1.807, 2.05) is 30.3 Å². The van der Waals surface area contributed by atoms with E-state index in [-0.39, 0.29) is 5.91 Å². The molecule has 0 fully saturated rings. The molecule has 4 aromatic rings. The SMILES string of the molecule is Cc1nnc2sc(C(=O)Nc3cccc4cccnc34)nn12. The van der Waals surface area contributed by atoms with Crippen molar-refractivity contribution >= 4 is 38.8 Å². The zero-order chi connectivity index (χ0) is 15.1. The highest BCUT2D eigenvalue weighted by molar-refractivity contribution is 7.18. The molecule has 3 aromatic heterocycles. The van der Waals surface area contributed by atoms with Crippen molar-refractivity contribution in [2.24, 2.45) is 0 Å². The van der Waals surface area contributed by atoms with E-state index in [0.29, 0.717) is 21.5 Å². The van der Waals surface area contributed by atoms with Crippen LogP contribution in [0.5, 0.6) is 0 Å². The molecule has 0 saturated carbocycles. The molecule has 0 aliphatic heterocycles. The summed E-state index contributed by atoms with van der Waals surface area (Å²) in [6.45, 7) is 1.79. The zero-order valence-corrected chi connectivity index (χ0v) is 12.3. The fourth-order valence-corrected chi connectivity index (χ4v) is 2.97. The van der Waals surface area contributed by atoms with Crippen molar-refractivity contribution in [3.63, 3.8) is 0 Å². The van der Waals surface area contributed by atoms with Gasteiger partial charge in [-0.3, -0.25) is 9.78 Å². The fourth-order valence-electron chi connectivity index (χ4n) is 2.19. The van der Waals surface area contributed by atoms with E-state index in [1.165, 1.54) is 11.3 Å². The molecule has 0 aliphatic rings. The summed E-state index contributed by atoms with van der Waals surface area (Å²) in [6, 6.07) is 9.45. The lowest BCUT2D eigenvalue weighted by atomic mass is 10.2. The number of carbonyl (C=O) groups is 1. The molecule has 0 atom stereocenters. The van der Waals surface area contributed by atoms with E-state index in [0.717, 1.165) is 10.9 Å². The third kappa shape index (κ3) is 2.01. The lowest BCUT2D eigenvalue weighted by molar-refractivity contribution is 0.102. The second kappa shape index (κ2) is 4.85. The molecule has 22 heavy (non-hydrogen) atoms. The van der Waals surface area contributed by atoms with Gasteiger partial charge in [-0.2, -0.15) is 4.52 Å². The molecule has 0 spiro atoms. The molecule has 108 valence electrons. The molecule has 1 amide bonds. The highest BCUT2D eigenvalue weighted by atomic mass is 32.1. The van der Waals surface area contributed by atoms with Crippen LogP contribution in [0.4, 0.5) is 5.69 Å². The van der Waals surface area contributed by atoms with Gasteiger partial charge in [0.05, 0.1) is 11.2 Å². The van der Waals surface area contributed by atoms with Crippen molar-refractivity contribution in [2.45, 2.75) is 6.92 Å². The van der Waals surface area contributed by atoms with Crippen molar-refractivity contribution in [3.05, 3.63) is 47.4 Å². The Balaban J connectivity index is 1.71. The predicted octanol–water partition coefficient (Wildman–Crippen LogP) is 2.29. The molecule has 0 bridgehead atoms. The number of rotatable bonds is 2. The molecule has 0 radical (unpaired) electrons. The second-order valence-electron chi connectivity index (χ2n) is 4.68. The highest BCUT2D eigenvalue weighted by Crippen LogP contribution is 2.22. The first kappa shape index (κ1) is 12.8. The topological polar surface area (TPSA) is 85.1 Å². The number of hydrogen-bond donors (Lipinski definition) is 1. The van der Waals surface area contributed by atoms with Crippen LogP contribution in [0.2, 0.25) is 0 Å². The lowest BCUT2D eigenvalue weighted by Gasteiger charge is -2.05. The number of carbonyl (C=O) groups excluding carboxylic acids is 1. The fraction of sp³-hybridized carbons (Fsp3) is 0.0714. The van der Waals surface area contributed by atoms with Crippen LogP contribution in [0.3, 0.4) is 0 Å². The first-order valence-electron chi connectivity index (χ1n) is 6.56. The third-order valence-electron chi connectivity index (χ3n) is 3.22. The molecule has 3 heterocycles. The van der Waals surface area contributed by atoms with Crippen LogP contribution in [0.15, 0.2) is 36.5 Å². The normalized spacial score (nSPS) is 11.1. The molecular weight excluding hydrogens is 300 g/mol. The molecule has 7 nitrogen and oxygen atoms in total. The Morgan fingerprint density at radius 3 is 2.95 bits per heavy atom. The second-order valence-corrected chi connectivity index (χ2v) is 5.64. The summed E-state index contributed by atoms with van der Waals surface area (Å²) in [4.78, 5) is 17.3. The van der Waals surface area contributed by atoms with Crippen LogP contribution in [0.1, 0.15) is 15.6 Å². The average molecular weight is 310 g/mol. The Bertz CT molecular complexity index is 1000. The number of nitrogens with zero attached hydrogens (tertiary/aromatic N) is 5. The van der Waals surface area contributed by atoms with Gasteiger partial charge < -0.3 is 5.32 Å². The summed E-state index contributed by atoms with van der Waals surface area (Å²) < 4.78 is 1.56. The maximum Gasteiger partial charge on any atom is 0.286 e. The van der Waals surface area contributed by atoms with Gasteiger partial charge in [0.25, 0.3) is 5.91 Å². The van der Waals surface area contributed by atoms with Crippen LogP contribution in [0.25, 0.3) is 15.9 Å². The number of hydrogen-bond acceptors (Lipinski definition) is 6. The molecule has 1 aromatic carbocycles. The van der Waals surface area contributed by atoms with Gasteiger partial charge >= 0.3 is 0 Å². The van der Waals surface area contributed by atoms with Gasteiger partial charge in [-0.05, 0) is 19.1 Å². The van der Waals surface area contributed by atoms with Crippen LogP contribution in [-0.4, -0.2) is 30.7 Å². The van der Waals surface area contributed by atoms with E-state index in [1.54, 1.807) is 17.6 Å². The minimum atomic E-state index is -0.284. The quantitative estimate of drug-likeness (QED) is 0.614. The van der Waals surface area contributed by atoms with E-state index in [2.05, 4.69) is 25.6 Å². The monoisotopic (exact) mass is 310 g/mol. The largest absolute Gasteiger partial charge is 0.318 e. The summed E-state index contributed by atoms with van der Waals surface area (Å²) in [5, 5.41) is 16.2. The number of fused-ring (bicyclic) bond motifs is 2. The number of amides is 1. The molecular formula is C14H10N6OS. The number of anilines is 1. The van der Waals surface area contributed by atoms with Gasteiger partial charge in [0.2, 0.25) is 9.97 Å². The van der Waals surface area contributed by atoms with Crippen molar-refractivity contribution in [3.8, 4) is 0 Å². The van der Waals surface area contributed by atoms with Crippen LogP contribution in [-0.2, 0) is 0 Å². The average Bonchev–Trinajstić information content (AvgIpc) is 3.10. The molecule has 8 heteroatoms. The number of nitrogens with one attached hydrogen (secondary N) is 1. The number of aryl methyl sites for hydroxylation is 1. The predicted molar refractivity (Wildman–Crippen MR) is 83.1 cm³/mol.